The van der Waals surface area contributed by atoms with Gasteiger partial charge in [0.2, 0.25) is 5.91 Å². The number of nitrogens with one attached hydrogen (secondary N) is 1. The maximum absolute atomic E-state index is 11.8. The SMILES string of the molecule is Cc1cc(N)n(CC(=O)NCCc2nc(C)c(C)s2)n1. The van der Waals surface area contributed by atoms with Crippen LogP contribution in [0.4, 0.5) is 5.82 Å². The molecule has 0 aliphatic carbocycles. The number of nitrogens with zero attached hydrogens (tertiary/aromatic N) is 3. The number of anilines is 1. The molecule has 0 fully saturated rings. The van der Waals surface area contributed by atoms with Crippen molar-refractivity contribution < 1.29 is 4.79 Å². The predicted octanol–water partition coefficient (Wildman–Crippen LogP) is 1.21. The second-order valence-corrected chi connectivity index (χ2v) is 6.01. The molecule has 20 heavy (non-hydrogen) atoms. The standard InChI is InChI=1S/C13H19N5OS/c1-8-6-11(14)18(17-8)7-12(19)15-5-4-13-16-9(2)10(3)20-13/h6H,4-5,7,14H2,1-3H3,(H,15,19). The Morgan fingerprint density at radius 2 is 2.20 bits per heavy atom. The second kappa shape index (κ2) is 6.04. The van der Waals surface area contributed by atoms with Crippen LogP contribution in [0.5, 0.6) is 0 Å². The normalized spacial score (nSPS) is 10.8. The van der Waals surface area contributed by atoms with Gasteiger partial charge in [0.05, 0.1) is 16.4 Å². The van der Waals surface area contributed by atoms with E-state index in [-0.39, 0.29) is 12.5 Å². The first-order valence-corrected chi connectivity index (χ1v) is 7.27. The fourth-order valence-corrected chi connectivity index (χ4v) is 2.77. The number of carbonyl (C=O) groups excluding carboxylic acids is 1. The van der Waals surface area contributed by atoms with E-state index in [1.165, 1.54) is 9.56 Å². The zero-order valence-corrected chi connectivity index (χ0v) is 12.8. The number of carbonyl (C=O) groups is 1. The summed E-state index contributed by atoms with van der Waals surface area (Å²) in [5, 5.41) is 8.06. The second-order valence-electron chi connectivity index (χ2n) is 4.72. The maximum Gasteiger partial charge on any atom is 0.241 e. The van der Waals surface area contributed by atoms with Crippen LogP contribution in [0.25, 0.3) is 0 Å². The van der Waals surface area contributed by atoms with Crippen molar-refractivity contribution in [2.75, 3.05) is 12.3 Å². The zero-order valence-electron chi connectivity index (χ0n) is 11.9. The largest absolute Gasteiger partial charge is 0.384 e. The Morgan fingerprint density at radius 3 is 2.75 bits per heavy atom. The molecule has 108 valence electrons. The van der Waals surface area contributed by atoms with E-state index in [1.807, 2.05) is 13.8 Å². The molecule has 0 spiro atoms. The molecule has 0 aromatic carbocycles. The molecule has 0 saturated heterocycles. The molecule has 1 amide bonds. The molecule has 2 aromatic rings. The first-order valence-electron chi connectivity index (χ1n) is 6.45. The first-order chi connectivity index (χ1) is 9.45. The molecule has 2 heterocycles. The number of nitrogen functional groups attached to an aromatic ring is 1. The summed E-state index contributed by atoms with van der Waals surface area (Å²) < 4.78 is 1.50. The number of amides is 1. The minimum absolute atomic E-state index is 0.0928. The summed E-state index contributed by atoms with van der Waals surface area (Å²) in [5.74, 6) is 0.411. The van der Waals surface area contributed by atoms with Gasteiger partial charge in [-0.15, -0.1) is 11.3 Å². The number of hydrogen-bond acceptors (Lipinski definition) is 5. The third-order valence-corrected chi connectivity index (χ3v) is 4.09. The van der Waals surface area contributed by atoms with Gasteiger partial charge in [-0.25, -0.2) is 9.67 Å². The lowest BCUT2D eigenvalue weighted by molar-refractivity contribution is -0.121. The topological polar surface area (TPSA) is 85.8 Å². The van der Waals surface area contributed by atoms with Gasteiger partial charge in [0.25, 0.3) is 0 Å². The van der Waals surface area contributed by atoms with Crippen LogP contribution in [0.15, 0.2) is 6.07 Å². The van der Waals surface area contributed by atoms with Crippen molar-refractivity contribution in [1.82, 2.24) is 20.1 Å². The summed E-state index contributed by atoms with van der Waals surface area (Å²) in [6.07, 6.45) is 0.749. The van der Waals surface area contributed by atoms with Crippen LogP contribution in [0.1, 0.15) is 21.3 Å². The number of rotatable bonds is 5. The summed E-state index contributed by atoms with van der Waals surface area (Å²) in [4.78, 5) is 17.5. The van der Waals surface area contributed by atoms with Crippen molar-refractivity contribution in [3.05, 3.63) is 27.3 Å². The molecular weight excluding hydrogens is 274 g/mol. The minimum Gasteiger partial charge on any atom is -0.384 e. The molecule has 0 aliphatic rings. The highest BCUT2D eigenvalue weighted by Gasteiger charge is 2.08. The molecule has 2 aromatic heterocycles. The average molecular weight is 293 g/mol. The van der Waals surface area contributed by atoms with Gasteiger partial charge in [-0.2, -0.15) is 5.10 Å². The van der Waals surface area contributed by atoms with Crippen LogP contribution in [-0.2, 0) is 17.8 Å². The molecule has 0 unspecified atom stereocenters. The van der Waals surface area contributed by atoms with Crippen molar-refractivity contribution >= 4 is 23.1 Å². The lowest BCUT2D eigenvalue weighted by Gasteiger charge is -2.05. The Bertz CT molecular complexity index is 597. The lowest BCUT2D eigenvalue weighted by atomic mass is 10.4. The van der Waals surface area contributed by atoms with Crippen LogP contribution in [0.3, 0.4) is 0 Å². The average Bonchev–Trinajstić information content (AvgIpc) is 2.83. The number of hydrogen-bond donors (Lipinski definition) is 2. The molecule has 0 saturated carbocycles. The van der Waals surface area contributed by atoms with Gasteiger partial charge >= 0.3 is 0 Å². The number of aryl methyl sites for hydroxylation is 3. The number of thiazole rings is 1. The van der Waals surface area contributed by atoms with Gasteiger partial charge in [0.15, 0.2) is 0 Å². The van der Waals surface area contributed by atoms with E-state index in [9.17, 15) is 4.79 Å². The quantitative estimate of drug-likeness (QED) is 0.867. The van der Waals surface area contributed by atoms with Crippen LogP contribution in [0, 0.1) is 20.8 Å². The fourth-order valence-electron chi connectivity index (χ4n) is 1.84. The van der Waals surface area contributed by atoms with Gasteiger partial charge in [-0.05, 0) is 20.8 Å². The Kier molecular flexibility index (Phi) is 4.39. The molecule has 6 nitrogen and oxygen atoms in total. The molecular formula is C13H19N5OS. The molecule has 3 N–H and O–H groups in total. The van der Waals surface area contributed by atoms with Gasteiger partial charge in [0.1, 0.15) is 12.4 Å². The van der Waals surface area contributed by atoms with E-state index in [2.05, 4.69) is 22.3 Å². The highest BCUT2D eigenvalue weighted by atomic mass is 32.1. The van der Waals surface area contributed by atoms with Gasteiger partial charge in [-0.3, -0.25) is 4.79 Å². The summed E-state index contributed by atoms with van der Waals surface area (Å²) in [6.45, 7) is 6.62. The Morgan fingerprint density at radius 1 is 1.45 bits per heavy atom. The number of aromatic nitrogens is 3. The summed E-state index contributed by atoms with van der Waals surface area (Å²) in [5.41, 5.74) is 7.62. The van der Waals surface area contributed by atoms with E-state index in [4.69, 9.17) is 5.73 Å². The Hall–Kier alpha value is -1.89. The summed E-state index contributed by atoms with van der Waals surface area (Å²) in [6, 6.07) is 1.74. The fraction of sp³-hybridized carbons (Fsp3) is 0.462. The van der Waals surface area contributed by atoms with Crippen molar-refractivity contribution in [3.8, 4) is 0 Å². The monoisotopic (exact) mass is 293 g/mol. The van der Waals surface area contributed by atoms with Crippen molar-refractivity contribution in [2.24, 2.45) is 0 Å². The minimum atomic E-state index is -0.0928. The Labute approximate surface area is 122 Å². The lowest BCUT2D eigenvalue weighted by Crippen LogP contribution is -2.30. The highest BCUT2D eigenvalue weighted by Crippen LogP contribution is 2.16. The molecule has 2 rings (SSSR count). The molecule has 7 heteroatoms. The van der Waals surface area contributed by atoms with Gasteiger partial charge < -0.3 is 11.1 Å². The third kappa shape index (κ3) is 3.57. The van der Waals surface area contributed by atoms with Gasteiger partial charge in [0, 0.05) is 23.9 Å². The van der Waals surface area contributed by atoms with Gasteiger partial charge in [-0.1, -0.05) is 0 Å². The van der Waals surface area contributed by atoms with E-state index >= 15 is 0 Å². The van der Waals surface area contributed by atoms with E-state index in [1.54, 1.807) is 17.4 Å². The van der Waals surface area contributed by atoms with E-state index in [0.717, 1.165) is 22.8 Å². The molecule has 0 atom stereocenters. The van der Waals surface area contributed by atoms with E-state index in [0.29, 0.717) is 12.4 Å². The molecule has 0 radical (unpaired) electrons. The predicted molar refractivity (Wildman–Crippen MR) is 79.7 cm³/mol. The van der Waals surface area contributed by atoms with Crippen molar-refractivity contribution in [2.45, 2.75) is 33.7 Å². The maximum atomic E-state index is 11.8. The van der Waals surface area contributed by atoms with Crippen molar-refractivity contribution in [3.63, 3.8) is 0 Å². The Balaban J connectivity index is 1.79. The molecule has 0 aliphatic heterocycles. The van der Waals surface area contributed by atoms with Crippen LogP contribution >= 0.6 is 11.3 Å². The van der Waals surface area contributed by atoms with E-state index < -0.39 is 0 Å². The van der Waals surface area contributed by atoms with Crippen molar-refractivity contribution in [1.29, 1.82) is 0 Å². The summed E-state index contributed by atoms with van der Waals surface area (Å²) >= 11 is 1.68. The number of nitrogens with two attached hydrogens (primary N) is 1. The smallest absolute Gasteiger partial charge is 0.241 e. The highest BCUT2D eigenvalue weighted by molar-refractivity contribution is 7.11. The van der Waals surface area contributed by atoms with Crippen LogP contribution in [-0.4, -0.2) is 27.2 Å². The third-order valence-electron chi connectivity index (χ3n) is 2.96. The summed E-state index contributed by atoms with van der Waals surface area (Å²) in [7, 11) is 0. The first kappa shape index (κ1) is 14.5. The van der Waals surface area contributed by atoms with Crippen LogP contribution < -0.4 is 11.1 Å². The van der Waals surface area contributed by atoms with Crippen LogP contribution in [0.2, 0.25) is 0 Å². The zero-order chi connectivity index (χ0) is 14.7. The molecule has 0 bridgehead atoms.